The van der Waals surface area contributed by atoms with Gasteiger partial charge in [0.15, 0.2) is 11.5 Å². The van der Waals surface area contributed by atoms with Crippen LogP contribution in [0.15, 0.2) is 18.2 Å². The van der Waals surface area contributed by atoms with Gasteiger partial charge in [-0.25, -0.2) is 0 Å². The number of aromatic hydroxyl groups is 1. The molecule has 0 bridgehead atoms. The van der Waals surface area contributed by atoms with Crippen LogP contribution in [0.4, 0.5) is 0 Å². The van der Waals surface area contributed by atoms with Crippen molar-refractivity contribution in [1.82, 2.24) is 5.32 Å². The molecule has 1 saturated carbocycles. The van der Waals surface area contributed by atoms with Gasteiger partial charge in [-0.05, 0) is 36.5 Å². The molecule has 0 unspecified atom stereocenters. The Morgan fingerprint density at radius 3 is 2.72 bits per heavy atom. The summed E-state index contributed by atoms with van der Waals surface area (Å²) in [6, 6.07) is 4.67. The molecule has 0 heterocycles. The molecule has 0 aromatic heterocycles. The summed E-state index contributed by atoms with van der Waals surface area (Å²) in [5.74, 6) is 0.207. The summed E-state index contributed by atoms with van der Waals surface area (Å²) in [4.78, 5) is 11.9. The van der Waals surface area contributed by atoms with Gasteiger partial charge in [-0.3, -0.25) is 4.79 Å². The van der Waals surface area contributed by atoms with Crippen LogP contribution in [-0.4, -0.2) is 24.7 Å². The lowest BCUT2D eigenvalue weighted by Gasteiger charge is -2.38. The van der Waals surface area contributed by atoms with Crippen LogP contribution in [0, 0.1) is 5.41 Å². The molecule has 1 aliphatic rings. The Morgan fingerprint density at radius 2 is 2.22 bits per heavy atom. The van der Waals surface area contributed by atoms with Crippen LogP contribution in [-0.2, 0) is 0 Å². The first kappa shape index (κ1) is 12.7. The lowest BCUT2D eigenvalue weighted by atomic mass is 9.70. The highest BCUT2D eigenvalue weighted by molar-refractivity contribution is 5.94. The molecular weight excluding hydrogens is 230 g/mol. The molecule has 0 atom stereocenters. The summed E-state index contributed by atoms with van der Waals surface area (Å²) in [5.41, 5.74) is 0.709. The first-order chi connectivity index (χ1) is 8.54. The molecule has 4 nitrogen and oxygen atoms in total. The quantitative estimate of drug-likeness (QED) is 0.861. The summed E-state index contributed by atoms with van der Waals surface area (Å²) in [6.45, 7) is 2.88. The van der Waals surface area contributed by atoms with Crippen LogP contribution in [0.25, 0.3) is 0 Å². The maximum absolute atomic E-state index is 11.9. The molecule has 2 N–H and O–H groups in total. The van der Waals surface area contributed by atoms with E-state index in [9.17, 15) is 9.90 Å². The van der Waals surface area contributed by atoms with Crippen LogP contribution in [0.1, 0.15) is 36.5 Å². The second kappa shape index (κ2) is 4.88. The van der Waals surface area contributed by atoms with Gasteiger partial charge in [0.2, 0.25) is 0 Å². The SMILES string of the molecule is COc1ccc(C(=O)NCC2(C)CCC2)cc1O. The average Bonchev–Trinajstić information content (AvgIpc) is 2.33. The van der Waals surface area contributed by atoms with Crippen molar-refractivity contribution in [3.05, 3.63) is 23.8 Å². The van der Waals surface area contributed by atoms with Gasteiger partial charge >= 0.3 is 0 Å². The summed E-state index contributed by atoms with van der Waals surface area (Å²) in [7, 11) is 1.48. The van der Waals surface area contributed by atoms with Gasteiger partial charge < -0.3 is 15.2 Å². The van der Waals surface area contributed by atoms with Crippen molar-refractivity contribution in [2.45, 2.75) is 26.2 Å². The van der Waals surface area contributed by atoms with E-state index < -0.39 is 0 Å². The fourth-order valence-corrected chi connectivity index (χ4v) is 2.18. The summed E-state index contributed by atoms with van der Waals surface area (Å²) < 4.78 is 4.94. The van der Waals surface area contributed by atoms with E-state index in [0.717, 1.165) is 0 Å². The molecule has 1 aromatic carbocycles. The van der Waals surface area contributed by atoms with E-state index in [1.54, 1.807) is 12.1 Å². The molecule has 1 fully saturated rings. The van der Waals surface area contributed by atoms with Gasteiger partial charge in [-0.2, -0.15) is 0 Å². The zero-order chi connectivity index (χ0) is 13.2. The van der Waals surface area contributed by atoms with Crippen molar-refractivity contribution >= 4 is 5.91 Å². The molecule has 98 valence electrons. The van der Waals surface area contributed by atoms with Crippen molar-refractivity contribution in [1.29, 1.82) is 0 Å². The van der Waals surface area contributed by atoms with Crippen LogP contribution >= 0.6 is 0 Å². The third kappa shape index (κ3) is 2.58. The van der Waals surface area contributed by atoms with Gasteiger partial charge in [0.25, 0.3) is 5.91 Å². The Bertz CT molecular complexity index is 452. The number of phenols is 1. The highest BCUT2D eigenvalue weighted by Crippen LogP contribution is 2.39. The zero-order valence-electron chi connectivity index (χ0n) is 10.8. The molecule has 18 heavy (non-hydrogen) atoms. The third-order valence-electron chi connectivity index (χ3n) is 3.68. The van der Waals surface area contributed by atoms with E-state index in [-0.39, 0.29) is 17.1 Å². The number of carbonyl (C=O) groups excluding carboxylic acids is 1. The minimum atomic E-state index is -0.152. The van der Waals surface area contributed by atoms with E-state index in [1.807, 2.05) is 0 Å². The Hall–Kier alpha value is -1.71. The lowest BCUT2D eigenvalue weighted by Crippen LogP contribution is -2.39. The smallest absolute Gasteiger partial charge is 0.251 e. The van der Waals surface area contributed by atoms with Crippen molar-refractivity contribution in [3.8, 4) is 11.5 Å². The van der Waals surface area contributed by atoms with E-state index in [1.165, 1.54) is 32.4 Å². The Balaban J connectivity index is 1.98. The van der Waals surface area contributed by atoms with Gasteiger partial charge in [0, 0.05) is 12.1 Å². The predicted octanol–water partition coefficient (Wildman–Crippen LogP) is 2.32. The minimum Gasteiger partial charge on any atom is -0.504 e. The fraction of sp³-hybridized carbons (Fsp3) is 0.500. The third-order valence-corrected chi connectivity index (χ3v) is 3.68. The van der Waals surface area contributed by atoms with Crippen molar-refractivity contribution in [3.63, 3.8) is 0 Å². The second-order valence-electron chi connectivity index (χ2n) is 5.23. The minimum absolute atomic E-state index is 0.0139. The molecule has 1 amide bonds. The Kier molecular flexibility index (Phi) is 3.45. The molecule has 1 aromatic rings. The largest absolute Gasteiger partial charge is 0.504 e. The monoisotopic (exact) mass is 249 g/mol. The number of ether oxygens (including phenoxy) is 1. The Labute approximate surface area is 107 Å². The molecule has 0 radical (unpaired) electrons. The van der Waals surface area contributed by atoms with Crippen molar-refractivity contribution in [2.24, 2.45) is 5.41 Å². The van der Waals surface area contributed by atoms with E-state index in [0.29, 0.717) is 17.9 Å². The molecule has 4 heteroatoms. The van der Waals surface area contributed by atoms with Crippen LogP contribution < -0.4 is 10.1 Å². The summed E-state index contributed by atoms with van der Waals surface area (Å²) in [6.07, 6.45) is 3.58. The normalized spacial score (nSPS) is 16.8. The average molecular weight is 249 g/mol. The maximum atomic E-state index is 11.9. The molecular formula is C14H19NO3. The molecule has 0 aliphatic heterocycles. The van der Waals surface area contributed by atoms with E-state index in [2.05, 4.69) is 12.2 Å². The van der Waals surface area contributed by atoms with Crippen LogP contribution in [0.3, 0.4) is 0 Å². The zero-order valence-corrected chi connectivity index (χ0v) is 10.8. The van der Waals surface area contributed by atoms with Crippen LogP contribution in [0.5, 0.6) is 11.5 Å². The first-order valence-corrected chi connectivity index (χ1v) is 6.19. The number of benzene rings is 1. The van der Waals surface area contributed by atoms with Gasteiger partial charge in [-0.1, -0.05) is 13.3 Å². The highest BCUT2D eigenvalue weighted by atomic mass is 16.5. The maximum Gasteiger partial charge on any atom is 0.251 e. The molecule has 2 rings (SSSR count). The fourth-order valence-electron chi connectivity index (χ4n) is 2.18. The number of nitrogens with one attached hydrogen (secondary N) is 1. The Morgan fingerprint density at radius 1 is 1.50 bits per heavy atom. The second-order valence-corrected chi connectivity index (χ2v) is 5.23. The number of rotatable bonds is 4. The number of methoxy groups -OCH3 is 1. The topological polar surface area (TPSA) is 58.6 Å². The number of hydrogen-bond acceptors (Lipinski definition) is 3. The number of hydrogen-bond donors (Lipinski definition) is 2. The first-order valence-electron chi connectivity index (χ1n) is 6.19. The van der Waals surface area contributed by atoms with Gasteiger partial charge in [0.1, 0.15) is 0 Å². The number of amides is 1. The molecule has 0 spiro atoms. The number of phenolic OH excluding ortho intramolecular Hbond substituents is 1. The van der Waals surface area contributed by atoms with E-state index in [4.69, 9.17) is 4.74 Å². The van der Waals surface area contributed by atoms with Crippen LogP contribution in [0.2, 0.25) is 0 Å². The van der Waals surface area contributed by atoms with Gasteiger partial charge in [-0.15, -0.1) is 0 Å². The molecule has 1 aliphatic carbocycles. The van der Waals surface area contributed by atoms with E-state index >= 15 is 0 Å². The van der Waals surface area contributed by atoms with Crippen molar-refractivity contribution < 1.29 is 14.6 Å². The number of carbonyl (C=O) groups is 1. The molecule has 0 saturated heterocycles. The standard InChI is InChI=1S/C14H19NO3/c1-14(6-3-7-14)9-15-13(17)10-4-5-12(18-2)11(16)8-10/h4-5,8,16H,3,6-7,9H2,1-2H3,(H,15,17). The summed E-state index contributed by atoms with van der Waals surface area (Å²) in [5, 5.41) is 12.5. The summed E-state index contributed by atoms with van der Waals surface area (Å²) >= 11 is 0. The highest BCUT2D eigenvalue weighted by Gasteiger charge is 2.31. The predicted molar refractivity (Wildman–Crippen MR) is 69.0 cm³/mol. The lowest BCUT2D eigenvalue weighted by molar-refractivity contribution is 0.0890. The van der Waals surface area contributed by atoms with Crippen molar-refractivity contribution in [2.75, 3.05) is 13.7 Å². The van der Waals surface area contributed by atoms with Gasteiger partial charge in [0.05, 0.1) is 7.11 Å².